The fraction of sp³-hybridized carbons (Fsp3) is 0.250. The topological polar surface area (TPSA) is 81.1 Å². The molecule has 0 radical (unpaired) electrons. The maximum atomic E-state index is 12.5. The molecule has 0 aliphatic rings. The van der Waals surface area contributed by atoms with Crippen LogP contribution in [0, 0.1) is 11.3 Å². The molecule has 0 spiro atoms. The monoisotopic (exact) mass is 349 g/mol. The van der Waals surface area contributed by atoms with E-state index in [2.05, 4.69) is 11.1 Å². The van der Waals surface area contributed by atoms with E-state index >= 15 is 0 Å². The SMILES string of the molecule is CCOC(=O)c1c(-c2ccc(-c3cnco3)cc2)c(C#N)c(CC)n1C. The van der Waals surface area contributed by atoms with Crippen LogP contribution < -0.4 is 0 Å². The maximum Gasteiger partial charge on any atom is 0.355 e. The van der Waals surface area contributed by atoms with E-state index in [1.807, 2.05) is 31.2 Å². The van der Waals surface area contributed by atoms with Gasteiger partial charge in [-0.2, -0.15) is 5.26 Å². The number of carbonyl (C=O) groups is 1. The minimum atomic E-state index is -0.430. The summed E-state index contributed by atoms with van der Waals surface area (Å²) in [6.45, 7) is 4.00. The minimum Gasteiger partial charge on any atom is -0.461 e. The second kappa shape index (κ2) is 7.28. The molecule has 6 heteroatoms. The number of hydrogen-bond acceptors (Lipinski definition) is 5. The lowest BCUT2D eigenvalue weighted by Crippen LogP contribution is -2.12. The quantitative estimate of drug-likeness (QED) is 0.651. The van der Waals surface area contributed by atoms with Gasteiger partial charge in [0.05, 0.1) is 18.4 Å². The summed E-state index contributed by atoms with van der Waals surface area (Å²) < 4.78 is 12.3. The van der Waals surface area contributed by atoms with Crippen molar-refractivity contribution in [1.29, 1.82) is 5.26 Å². The van der Waals surface area contributed by atoms with Gasteiger partial charge in [0.15, 0.2) is 12.2 Å². The summed E-state index contributed by atoms with van der Waals surface area (Å²) in [4.78, 5) is 16.5. The fourth-order valence-electron chi connectivity index (χ4n) is 3.15. The van der Waals surface area contributed by atoms with E-state index in [0.717, 1.165) is 16.8 Å². The first-order valence-electron chi connectivity index (χ1n) is 8.40. The lowest BCUT2D eigenvalue weighted by Gasteiger charge is -2.08. The number of hydrogen-bond donors (Lipinski definition) is 0. The first kappa shape index (κ1) is 17.5. The van der Waals surface area contributed by atoms with Crippen LogP contribution in [0.5, 0.6) is 0 Å². The molecule has 132 valence electrons. The Morgan fingerprint density at radius 3 is 2.50 bits per heavy atom. The molecule has 0 bridgehead atoms. The third-order valence-corrected chi connectivity index (χ3v) is 4.32. The predicted octanol–water partition coefficient (Wildman–Crippen LogP) is 3.96. The molecule has 0 aliphatic carbocycles. The summed E-state index contributed by atoms with van der Waals surface area (Å²) in [6, 6.07) is 9.76. The Kier molecular flexibility index (Phi) is 4.90. The number of aromatic nitrogens is 2. The lowest BCUT2D eigenvalue weighted by atomic mass is 9.98. The molecule has 2 aromatic heterocycles. The molecule has 0 saturated heterocycles. The molecule has 3 aromatic rings. The highest BCUT2D eigenvalue weighted by molar-refractivity contribution is 5.98. The molecule has 1 aromatic carbocycles. The van der Waals surface area contributed by atoms with Crippen LogP contribution in [0.3, 0.4) is 0 Å². The zero-order valence-electron chi connectivity index (χ0n) is 14.9. The molecule has 0 fully saturated rings. The second-order valence-electron chi connectivity index (χ2n) is 5.73. The van der Waals surface area contributed by atoms with Crippen molar-refractivity contribution in [3.8, 4) is 28.5 Å². The molecule has 26 heavy (non-hydrogen) atoms. The smallest absolute Gasteiger partial charge is 0.355 e. The summed E-state index contributed by atoms with van der Waals surface area (Å²) in [5, 5.41) is 9.71. The first-order valence-corrected chi connectivity index (χ1v) is 8.40. The van der Waals surface area contributed by atoms with Gasteiger partial charge in [0.25, 0.3) is 0 Å². The van der Waals surface area contributed by atoms with E-state index in [9.17, 15) is 10.1 Å². The average molecular weight is 349 g/mol. The molecule has 0 aliphatic heterocycles. The van der Waals surface area contributed by atoms with Crippen molar-refractivity contribution in [2.75, 3.05) is 6.61 Å². The first-order chi connectivity index (χ1) is 12.6. The summed E-state index contributed by atoms with van der Waals surface area (Å²) in [6.07, 6.45) is 3.65. The highest BCUT2D eigenvalue weighted by Gasteiger charge is 2.26. The van der Waals surface area contributed by atoms with Crippen molar-refractivity contribution in [2.45, 2.75) is 20.3 Å². The molecule has 0 atom stereocenters. The van der Waals surface area contributed by atoms with E-state index in [4.69, 9.17) is 9.15 Å². The minimum absolute atomic E-state index is 0.275. The van der Waals surface area contributed by atoms with Gasteiger partial charge in [0, 0.05) is 23.9 Å². The Morgan fingerprint density at radius 1 is 1.27 bits per heavy atom. The molecular weight excluding hydrogens is 330 g/mol. The standard InChI is InChI=1S/C20H19N3O3/c1-4-16-15(10-21)18(19(23(16)3)20(24)25-5-2)14-8-6-13(7-9-14)17-11-22-12-26-17/h6-9,11-12H,4-5H2,1-3H3. The van der Waals surface area contributed by atoms with E-state index in [-0.39, 0.29) is 6.61 Å². The Balaban J connectivity index is 2.17. The third-order valence-electron chi connectivity index (χ3n) is 4.32. The van der Waals surface area contributed by atoms with Crippen LogP contribution in [0.4, 0.5) is 0 Å². The van der Waals surface area contributed by atoms with Gasteiger partial charge < -0.3 is 13.7 Å². The summed E-state index contributed by atoms with van der Waals surface area (Å²) in [5.41, 5.74) is 3.97. The normalized spacial score (nSPS) is 10.5. The molecule has 6 nitrogen and oxygen atoms in total. The molecule has 0 N–H and O–H groups in total. The molecule has 0 saturated carbocycles. The highest BCUT2D eigenvalue weighted by atomic mass is 16.5. The maximum absolute atomic E-state index is 12.5. The number of rotatable bonds is 5. The van der Waals surface area contributed by atoms with E-state index in [1.54, 1.807) is 24.7 Å². The van der Waals surface area contributed by atoms with Crippen molar-refractivity contribution >= 4 is 5.97 Å². The van der Waals surface area contributed by atoms with Crippen LogP contribution in [0.25, 0.3) is 22.5 Å². The largest absolute Gasteiger partial charge is 0.461 e. The number of nitriles is 1. The van der Waals surface area contributed by atoms with Crippen LogP contribution in [0.1, 0.15) is 35.6 Å². The van der Waals surface area contributed by atoms with Crippen LogP contribution >= 0.6 is 0 Å². The number of oxazole rings is 1. The number of benzene rings is 1. The van der Waals surface area contributed by atoms with Gasteiger partial charge in [-0.05, 0) is 18.9 Å². The Labute approximate surface area is 151 Å². The van der Waals surface area contributed by atoms with Gasteiger partial charge >= 0.3 is 5.97 Å². The summed E-state index contributed by atoms with van der Waals surface area (Å²) in [7, 11) is 1.79. The van der Waals surface area contributed by atoms with Crippen molar-refractivity contribution in [2.24, 2.45) is 7.05 Å². The van der Waals surface area contributed by atoms with Crippen LogP contribution in [-0.4, -0.2) is 22.1 Å². The Bertz CT molecular complexity index is 961. The predicted molar refractivity (Wildman–Crippen MR) is 96.4 cm³/mol. The molecule has 3 rings (SSSR count). The van der Waals surface area contributed by atoms with Crippen LogP contribution in [0.15, 0.2) is 41.3 Å². The molecule has 0 unspecified atom stereocenters. The number of ether oxygens (including phenoxy) is 1. The van der Waals surface area contributed by atoms with E-state index in [1.165, 1.54) is 6.39 Å². The van der Waals surface area contributed by atoms with Crippen LogP contribution in [0.2, 0.25) is 0 Å². The van der Waals surface area contributed by atoms with Crippen molar-refractivity contribution in [3.05, 3.63) is 53.8 Å². The second-order valence-corrected chi connectivity index (χ2v) is 5.73. The van der Waals surface area contributed by atoms with Gasteiger partial charge in [0.1, 0.15) is 11.8 Å². The number of carbonyl (C=O) groups excluding carboxylic acids is 1. The summed E-state index contributed by atoms with van der Waals surface area (Å²) in [5.74, 6) is 0.227. The molecular formula is C20H19N3O3. The Morgan fingerprint density at radius 2 is 1.96 bits per heavy atom. The number of esters is 1. The third kappa shape index (κ3) is 2.88. The highest BCUT2D eigenvalue weighted by Crippen LogP contribution is 2.34. The fourth-order valence-corrected chi connectivity index (χ4v) is 3.15. The Hall–Kier alpha value is -3.33. The summed E-state index contributed by atoms with van der Waals surface area (Å²) >= 11 is 0. The zero-order chi connectivity index (χ0) is 18.7. The van der Waals surface area contributed by atoms with Gasteiger partial charge in [-0.1, -0.05) is 31.2 Å². The van der Waals surface area contributed by atoms with Crippen molar-refractivity contribution < 1.29 is 13.9 Å². The van der Waals surface area contributed by atoms with Gasteiger partial charge in [0.2, 0.25) is 0 Å². The van der Waals surface area contributed by atoms with Gasteiger partial charge in [-0.15, -0.1) is 0 Å². The molecule has 2 heterocycles. The zero-order valence-corrected chi connectivity index (χ0v) is 14.9. The van der Waals surface area contributed by atoms with Crippen molar-refractivity contribution in [1.82, 2.24) is 9.55 Å². The molecule has 0 amide bonds. The van der Waals surface area contributed by atoms with Gasteiger partial charge in [-0.25, -0.2) is 9.78 Å². The number of nitrogens with zero attached hydrogens (tertiary/aromatic N) is 3. The van der Waals surface area contributed by atoms with Crippen molar-refractivity contribution in [3.63, 3.8) is 0 Å². The van der Waals surface area contributed by atoms with E-state index in [0.29, 0.717) is 29.0 Å². The van der Waals surface area contributed by atoms with E-state index < -0.39 is 5.97 Å². The lowest BCUT2D eigenvalue weighted by molar-refractivity contribution is 0.0516. The van der Waals surface area contributed by atoms with Crippen LogP contribution in [-0.2, 0) is 18.2 Å². The van der Waals surface area contributed by atoms with Gasteiger partial charge in [-0.3, -0.25) is 0 Å². The average Bonchev–Trinajstić information content (AvgIpc) is 3.27.